The highest BCUT2D eigenvalue weighted by atomic mass is 16.5. The fourth-order valence-electron chi connectivity index (χ4n) is 1.97. The Kier molecular flexibility index (Phi) is 4.14. The summed E-state index contributed by atoms with van der Waals surface area (Å²) in [6, 6.07) is 0.665. The van der Waals surface area contributed by atoms with Gasteiger partial charge in [0, 0.05) is 6.04 Å². The van der Waals surface area contributed by atoms with Crippen molar-refractivity contribution < 1.29 is 4.74 Å². The average Bonchev–Trinajstić information content (AvgIpc) is 2.32. The number of piperidine rings is 1. The SMILES string of the molecule is CCOc1nc(N)nc(NC2CCN(C)CC2)n1. The summed E-state index contributed by atoms with van der Waals surface area (Å²) in [5.74, 6) is 0.685. The van der Waals surface area contributed by atoms with Crippen molar-refractivity contribution in [2.75, 3.05) is 37.8 Å². The molecule has 2 heterocycles. The standard InChI is InChI=1S/C11H20N6O/c1-3-18-11-15-9(12)14-10(16-11)13-8-4-6-17(2)7-5-8/h8H,3-7H2,1-2H3,(H3,12,13,14,15,16). The Morgan fingerprint density at radius 1 is 1.33 bits per heavy atom. The van der Waals surface area contributed by atoms with Crippen molar-refractivity contribution in [3.05, 3.63) is 0 Å². The van der Waals surface area contributed by atoms with Crippen molar-refractivity contribution in [1.29, 1.82) is 0 Å². The second kappa shape index (κ2) is 5.81. The maximum atomic E-state index is 5.63. The van der Waals surface area contributed by atoms with Gasteiger partial charge in [0.25, 0.3) is 0 Å². The summed E-state index contributed by atoms with van der Waals surface area (Å²) in [5, 5.41) is 3.29. The number of nitrogens with zero attached hydrogens (tertiary/aromatic N) is 4. The molecule has 0 spiro atoms. The minimum atomic E-state index is 0.184. The van der Waals surface area contributed by atoms with Gasteiger partial charge in [-0.3, -0.25) is 0 Å². The number of nitrogens with one attached hydrogen (secondary N) is 1. The van der Waals surface area contributed by atoms with Crippen LogP contribution in [0.3, 0.4) is 0 Å². The Bertz CT molecular complexity index is 391. The van der Waals surface area contributed by atoms with Crippen molar-refractivity contribution in [1.82, 2.24) is 19.9 Å². The highest BCUT2D eigenvalue weighted by Gasteiger charge is 2.17. The molecule has 0 amide bonds. The van der Waals surface area contributed by atoms with Crippen molar-refractivity contribution in [3.8, 4) is 6.01 Å². The number of ether oxygens (including phenoxy) is 1. The summed E-state index contributed by atoms with van der Waals surface area (Å²) < 4.78 is 5.24. The van der Waals surface area contributed by atoms with Crippen LogP contribution in [0.25, 0.3) is 0 Å². The van der Waals surface area contributed by atoms with E-state index in [0.717, 1.165) is 25.9 Å². The molecule has 1 aromatic heterocycles. The van der Waals surface area contributed by atoms with Crippen LogP contribution in [0.2, 0.25) is 0 Å². The lowest BCUT2D eigenvalue weighted by molar-refractivity contribution is 0.263. The van der Waals surface area contributed by atoms with Gasteiger partial charge < -0.3 is 20.7 Å². The predicted molar refractivity (Wildman–Crippen MR) is 69.6 cm³/mol. The van der Waals surface area contributed by atoms with Gasteiger partial charge in [-0.25, -0.2) is 0 Å². The summed E-state index contributed by atoms with van der Waals surface area (Å²) in [5.41, 5.74) is 5.63. The van der Waals surface area contributed by atoms with Crippen LogP contribution in [0.15, 0.2) is 0 Å². The van der Waals surface area contributed by atoms with Gasteiger partial charge in [0.05, 0.1) is 6.61 Å². The largest absolute Gasteiger partial charge is 0.464 e. The third-order valence-corrected chi connectivity index (χ3v) is 2.96. The van der Waals surface area contributed by atoms with E-state index >= 15 is 0 Å². The maximum Gasteiger partial charge on any atom is 0.323 e. The van der Waals surface area contributed by atoms with Crippen LogP contribution in [-0.4, -0.2) is 52.6 Å². The molecular formula is C11H20N6O. The van der Waals surface area contributed by atoms with Crippen LogP contribution in [0.4, 0.5) is 11.9 Å². The van der Waals surface area contributed by atoms with E-state index in [1.807, 2.05) is 6.92 Å². The minimum absolute atomic E-state index is 0.184. The van der Waals surface area contributed by atoms with Gasteiger partial charge in [-0.1, -0.05) is 0 Å². The van der Waals surface area contributed by atoms with Crippen LogP contribution >= 0.6 is 0 Å². The Labute approximate surface area is 107 Å². The number of rotatable bonds is 4. The fraction of sp³-hybridized carbons (Fsp3) is 0.727. The Balaban J connectivity index is 2.00. The second-order valence-electron chi connectivity index (χ2n) is 4.45. The van der Waals surface area contributed by atoms with Gasteiger partial charge in [0.1, 0.15) is 0 Å². The van der Waals surface area contributed by atoms with Crippen LogP contribution < -0.4 is 15.8 Å². The van der Waals surface area contributed by atoms with E-state index in [0.29, 0.717) is 18.6 Å². The lowest BCUT2D eigenvalue weighted by Gasteiger charge is -2.29. The number of nitrogen functional groups attached to an aromatic ring is 1. The van der Waals surface area contributed by atoms with Crippen LogP contribution in [0.1, 0.15) is 19.8 Å². The number of hydrogen-bond acceptors (Lipinski definition) is 7. The topological polar surface area (TPSA) is 89.2 Å². The predicted octanol–water partition coefficient (Wildman–Crippen LogP) is 0.359. The third-order valence-electron chi connectivity index (χ3n) is 2.96. The van der Waals surface area contributed by atoms with Crippen molar-refractivity contribution in [2.24, 2.45) is 0 Å². The molecule has 100 valence electrons. The molecule has 3 N–H and O–H groups in total. The first-order chi connectivity index (χ1) is 8.67. The number of anilines is 2. The number of likely N-dealkylation sites (tertiary alicyclic amines) is 1. The quantitative estimate of drug-likeness (QED) is 0.799. The van der Waals surface area contributed by atoms with E-state index in [1.54, 1.807) is 0 Å². The molecule has 7 nitrogen and oxygen atoms in total. The lowest BCUT2D eigenvalue weighted by atomic mass is 10.1. The molecule has 0 saturated carbocycles. The van der Waals surface area contributed by atoms with Crippen molar-refractivity contribution in [3.63, 3.8) is 0 Å². The van der Waals surface area contributed by atoms with E-state index in [1.165, 1.54) is 0 Å². The zero-order valence-corrected chi connectivity index (χ0v) is 10.9. The first kappa shape index (κ1) is 12.8. The van der Waals surface area contributed by atoms with Gasteiger partial charge >= 0.3 is 6.01 Å². The van der Waals surface area contributed by atoms with Crippen molar-refractivity contribution in [2.45, 2.75) is 25.8 Å². The second-order valence-corrected chi connectivity index (χ2v) is 4.45. The summed E-state index contributed by atoms with van der Waals surface area (Å²) in [6.07, 6.45) is 2.15. The molecule has 0 aromatic carbocycles. The molecule has 1 aliphatic rings. The van der Waals surface area contributed by atoms with E-state index in [-0.39, 0.29) is 12.0 Å². The zero-order valence-electron chi connectivity index (χ0n) is 10.9. The molecule has 0 unspecified atom stereocenters. The van der Waals surface area contributed by atoms with Crippen molar-refractivity contribution >= 4 is 11.9 Å². The summed E-state index contributed by atoms with van der Waals surface area (Å²) >= 11 is 0. The summed E-state index contributed by atoms with van der Waals surface area (Å²) in [7, 11) is 2.13. The molecular weight excluding hydrogens is 232 g/mol. The maximum absolute atomic E-state index is 5.63. The fourth-order valence-corrected chi connectivity index (χ4v) is 1.97. The molecule has 1 aliphatic heterocycles. The van der Waals surface area contributed by atoms with E-state index < -0.39 is 0 Å². The zero-order chi connectivity index (χ0) is 13.0. The van der Waals surface area contributed by atoms with Gasteiger partial charge in [-0.15, -0.1) is 0 Å². The minimum Gasteiger partial charge on any atom is -0.464 e. The number of aromatic nitrogens is 3. The number of nitrogens with two attached hydrogens (primary N) is 1. The molecule has 2 rings (SSSR count). The molecule has 1 fully saturated rings. The molecule has 1 aromatic rings. The summed E-state index contributed by atoms with van der Waals surface area (Å²) in [6.45, 7) is 4.55. The van der Waals surface area contributed by atoms with Gasteiger partial charge in [-0.05, 0) is 39.9 Å². The smallest absolute Gasteiger partial charge is 0.323 e. The van der Waals surface area contributed by atoms with Gasteiger partial charge in [0.2, 0.25) is 11.9 Å². The first-order valence-electron chi connectivity index (χ1n) is 6.27. The third kappa shape index (κ3) is 3.43. The highest BCUT2D eigenvalue weighted by Crippen LogP contribution is 2.15. The van der Waals surface area contributed by atoms with Crippen LogP contribution in [0.5, 0.6) is 6.01 Å². The monoisotopic (exact) mass is 252 g/mol. The Morgan fingerprint density at radius 2 is 2.06 bits per heavy atom. The highest BCUT2D eigenvalue weighted by molar-refractivity contribution is 5.33. The van der Waals surface area contributed by atoms with E-state index in [4.69, 9.17) is 10.5 Å². The molecule has 0 aliphatic carbocycles. The lowest BCUT2D eigenvalue weighted by Crippen LogP contribution is -2.37. The average molecular weight is 252 g/mol. The number of hydrogen-bond donors (Lipinski definition) is 2. The molecule has 0 bridgehead atoms. The van der Waals surface area contributed by atoms with Gasteiger partial charge in [0.15, 0.2) is 0 Å². The summed E-state index contributed by atoms with van der Waals surface area (Å²) in [4.78, 5) is 14.5. The molecule has 7 heteroatoms. The molecule has 1 saturated heterocycles. The normalized spacial score (nSPS) is 17.7. The van der Waals surface area contributed by atoms with E-state index in [2.05, 4.69) is 32.2 Å². The first-order valence-corrected chi connectivity index (χ1v) is 6.27. The van der Waals surface area contributed by atoms with Crippen LogP contribution in [-0.2, 0) is 0 Å². The van der Waals surface area contributed by atoms with Gasteiger partial charge in [-0.2, -0.15) is 15.0 Å². The molecule has 0 radical (unpaired) electrons. The van der Waals surface area contributed by atoms with E-state index in [9.17, 15) is 0 Å². The van der Waals surface area contributed by atoms with Crippen LogP contribution in [0, 0.1) is 0 Å². The Morgan fingerprint density at radius 3 is 2.72 bits per heavy atom. The molecule has 18 heavy (non-hydrogen) atoms. The Hall–Kier alpha value is -1.63. The molecule has 0 atom stereocenters.